The van der Waals surface area contributed by atoms with Crippen LogP contribution >= 0.6 is 18.9 Å². The van der Waals surface area contributed by atoms with Crippen LogP contribution in [0.1, 0.15) is 32.4 Å². The molecule has 0 saturated carbocycles. The van der Waals surface area contributed by atoms with Crippen molar-refractivity contribution in [2.75, 3.05) is 13.2 Å². The van der Waals surface area contributed by atoms with Crippen molar-refractivity contribution in [2.45, 2.75) is 26.8 Å². The van der Waals surface area contributed by atoms with Gasteiger partial charge in [0.15, 0.2) is 0 Å². The van der Waals surface area contributed by atoms with Gasteiger partial charge >= 0.3 is 13.6 Å². The van der Waals surface area contributed by atoms with Crippen LogP contribution in [0.15, 0.2) is 27.8 Å². The van der Waals surface area contributed by atoms with Gasteiger partial charge < -0.3 is 19.7 Å². The number of rotatable bonds is 6. The smallest absolute Gasteiger partial charge is 0.327 e. The van der Waals surface area contributed by atoms with Crippen molar-refractivity contribution in [1.29, 1.82) is 0 Å². The number of urea groups is 1. The van der Waals surface area contributed by atoms with Crippen molar-refractivity contribution >= 4 is 25.0 Å². The average molecular weight is 330 g/mol. The highest BCUT2D eigenvalue weighted by molar-refractivity contribution is 7.58. The number of allylic oxidation sites excluding steroid dienone is 1. The van der Waals surface area contributed by atoms with E-state index >= 15 is 0 Å². The number of carbonyl (C=O) groups is 1. The monoisotopic (exact) mass is 330 g/mol. The van der Waals surface area contributed by atoms with Crippen molar-refractivity contribution < 1.29 is 18.4 Å². The maximum Gasteiger partial charge on any atom is 0.361 e. The highest BCUT2D eigenvalue weighted by atomic mass is 32.1. The molecule has 1 aromatic heterocycles. The molecular formula is C13H19N2O4PS. The van der Waals surface area contributed by atoms with Crippen LogP contribution in [0, 0.1) is 0 Å². The fraction of sp³-hybridized carbons (Fsp3) is 0.462. The lowest BCUT2D eigenvalue weighted by molar-refractivity contribution is 0.220. The normalized spacial score (nSPS) is 19.4. The van der Waals surface area contributed by atoms with E-state index in [2.05, 4.69) is 10.6 Å². The summed E-state index contributed by atoms with van der Waals surface area (Å²) < 4.78 is 24.0. The van der Waals surface area contributed by atoms with Crippen LogP contribution in [0.25, 0.3) is 0 Å². The van der Waals surface area contributed by atoms with Crippen LogP contribution < -0.4 is 10.6 Å². The third-order valence-corrected chi connectivity index (χ3v) is 6.09. The molecule has 2 amide bonds. The van der Waals surface area contributed by atoms with Gasteiger partial charge in [0.05, 0.1) is 24.6 Å². The van der Waals surface area contributed by atoms with E-state index in [-0.39, 0.29) is 19.2 Å². The van der Waals surface area contributed by atoms with Gasteiger partial charge in [-0.3, -0.25) is 4.57 Å². The van der Waals surface area contributed by atoms with E-state index in [1.165, 1.54) is 11.3 Å². The lowest BCUT2D eigenvalue weighted by Crippen LogP contribution is -2.43. The summed E-state index contributed by atoms with van der Waals surface area (Å²) in [6.45, 7) is 5.75. The summed E-state index contributed by atoms with van der Waals surface area (Å²) >= 11 is 1.51. The number of nitrogens with one attached hydrogen (secondary N) is 2. The number of amides is 2. The van der Waals surface area contributed by atoms with Gasteiger partial charge in [0, 0.05) is 5.70 Å². The van der Waals surface area contributed by atoms with Gasteiger partial charge in [0.25, 0.3) is 0 Å². The Morgan fingerprint density at radius 2 is 2.00 bits per heavy atom. The van der Waals surface area contributed by atoms with E-state index in [1.54, 1.807) is 20.8 Å². The molecule has 2 N–H and O–H groups in total. The van der Waals surface area contributed by atoms with Gasteiger partial charge in [-0.25, -0.2) is 4.79 Å². The molecule has 0 aromatic carbocycles. The quantitative estimate of drug-likeness (QED) is 0.781. The SMILES string of the molecule is CCOP(=O)(OCC)C1=C(C)NC(=O)NC1c1ccsc1. The first kappa shape index (κ1) is 16.2. The number of thiophene rings is 1. The molecule has 1 aliphatic heterocycles. The van der Waals surface area contributed by atoms with Gasteiger partial charge in [0.2, 0.25) is 0 Å². The van der Waals surface area contributed by atoms with Crippen LogP contribution in [-0.2, 0) is 13.6 Å². The minimum absolute atomic E-state index is 0.262. The van der Waals surface area contributed by atoms with Gasteiger partial charge in [-0.15, -0.1) is 0 Å². The van der Waals surface area contributed by atoms with Crippen molar-refractivity contribution in [2.24, 2.45) is 0 Å². The molecule has 2 rings (SSSR count). The Kier molecular flexibility index (Phi) is 5.22. The fourth-order valence-electron chi connectivity index (χ4n) is 2.25. The fourth-order valence-corrected chi connectivity index (χ4v) is 4.96. The standard InChI is InChI=1S/C13H19N2O4PS/c1-4-18-20(17,19-5-2)12-9(3)14-13(16)15-11(12)10-6-7-21-8-10/h6-8,11H,4-5H2,1-3H3,(H2,14,15,16). The molecule has 1 aliphatic rings. The van der Waals surface area contributed by atoms with Crippen molar-refractivity contribution in [1.82, 2.24) is 10.6 Å². The molecule has 1 aromatic rings. The van der Waals surface area contributed by atoms with Crippen molar-refractivity contribution in [3.05, 3.63) is 33.4 Å². The summed E-state index contributed by atoms with van der Waals surface area (Å²) in [5.74, 6) is 0. The van der Waals surface area contributed by atoms with E-state index in [0.29, 0.717) is 11.0 Å². The highest BCUT2D eigenvalue weighted by Gasteiger charge is 2.41. The van der Waals surface area contributed by atoms with Crippen LogP contribution in [0.2, 0.25) is 0 Å². The lowest BCUT2D eigenvalue weighted by Gasteiger charge is -2.32. The molecule has 0 aliphatic carbocycles. The van der Waals surface area contributed by atoms with Gasteiger partial charge in [0.1, 0.15) is 0 Å². The number of carbonyl (C=O) groups excluding carboxylic acids is 1. The molecule has 1 atom stereocenters. The Hall–Kier alpha value is -1.14. The summed E-state index contributed by atoms with van der Waals surface area (Å²) in [6.07, 6.45) is 0. The molecule has 2 heterocycles. The van der Waals surface area contributed by atoms with E-state index in [4.69, 9.17) is 9.05 Å². The Morgan fingerprint density at radius 1 is 1.33 bits per heavy atom. The second kappa shape index (κ2) is 6.75. The number of hydrogen-bond acceptors (Lipinski definition) is 5. The molecule has 21 heavy (non-hydrogen) atoms. The lowest BCUT2D eigenvalue weighted by atomic mass is 10.1. The third kappa shape index (κ3) is 3.37. The molecule has 8 heteroatoms. The first-order chi connectivity index (χ1) is 10.0. The van der Waals surface area contributed by atoms with E-state index in [1.807, 2.05) is 16.8 Å². The molecule has 6 nitrogen and oxygen atoms in total. The van der Waals surface area contributed by atoms with Crippen LogP contribution in [0.5, 0.6) is 0 Å². The van der Waals surface area contributed by atoms with Crippen molar-refractivity contribution in [3.8, 4) is 0 Å². The summed E-state index contributed by atoms with van der Waals surface area (Å²) in [7, 11) is -3.47. The Balaban J connectivity index is 2.50. The molecule has 116 valence electrons. The zero-order valence-electron chi connectivity index (χ0n) is 12.2. The zero-order valence-corrected chi connectivity index (χ0v) is 13.9. The summed E-state index contributed by atoms with van der Waals surface area (Å²) in [5.41, 5.74) is 1.38. The van der Waals surface area contributed by atoms with E-state index < -0.39 is 13.6 Å². The molecule has 0 bridgehead atoms. The van der Waals surface area contributed by atoms with Crippen molar-refractivity contribution in [3.63, 3.8) is 0 Å². The molecule has 0 fully saturated rings. The maximum atomic E-state index is 13.1. The average Bonchev–Trinajstić information content (AvgIpc) is 2.91. The number of hydrogen-bond donors (Lipinski definition) is 2. The van der Waals surface area contributed by atoms with Gasteiger partial charge in [-0.1, -0.05) is 0 Å². The highest BCUT2D eigenvalue weighted by Crippen LogP contribution is 2.61. The topological polar surface area (TPSA) is 76.7 Å². The molecule has 0 radical (unpaired) electrons. The predicted molar refractivity (Wildman–Crippen MR) is 82.3 cm³/mol. The Labute approximate surface area is 128 Å². The Bertz CT molecular complexity index is 575. The second-order valence-electron chi connectivity index (χ2n) is 4.43. The van der Waals surface area contributed by atoms with E-state index in [0.717, 1.165) is 5.56 Å². The third-order valence-electron chi connectivity index (χ3n) is 3.00. The predicted octanol–water partition coefficient (Wildman–Crippen LogP) is 3.60. The van der Waals surface area contributed by atoms with Crippen LogP contribution in [0.4, 0.5) is 4.79 Å². The van der Waals surface area contributed by atoms with E-state index in [9.17, 15) is 9.36 Å². The minimum Gasteiger partial charge on any atom is -0.327 e. The van der Waals surface area contributed by atoms with Gasteiger partial charge in [-0.2, -0.15) is 11.3 Å². The molecular weight excluding hydrogens is 311 g/mol. The first-order valence-corrected chi connectivity index (χ1v) is 9.20. The molecule has 0 saturated heterocycles. The first-order valence-electron chi connectivity index (χ1n) is 6.72. The van der Waals surface area contributed by atoms with Crippen LogP contribution in [-0.4, -0.2) is 19.2 Å². The minimum atomic E-state index is -3.47. The molecule has 1 unspecified atom stereocenters. The maximum absolute atomic E-state index is 13.1. The molecule has 0 spiro atoms. The summed E-state index contributed by atoms with van der Waals surface area (Å²) in [4.78, 5) is 11.7. The summed E-state index contributed by atoms with van der Waals surface area (Å²) in [5, 5.41) is 9.71. The van der Waals surface area contributed by atoms with Crippen LogP contribution in [0.3, 0.4) is 0 Å². The Morgan fingerprint density at radius 3 is 2.52 bits per heavy atom. The second-order valence-corrected chi connectivity index (χ2v) is 7.20. The largest absolute Gasteiger partial charge is 0.361 e. The summed E-state index contributed by atoms with van der Waals surface area (Å²) in [6, 6.07) is 1.05. The van der Waals surface area contributed by atoms with Gasteiger partial charge in [-0.05, 0) is 43.2 Å². The zero-order chi connectivity index (χ0) is 15.5.